The zero-order valence-electron chi connectivity index (χ0n) is 21.7. The molecule has 0 aromatic rings. The summed E-state index contributed by atoms with van der Waals surface area (Å²) in [7, 11) is 0. The molecule has 0 aromatic heterocycles. The Morgan fingerprint density at radius 2 is 2.06 bits per heavy atom. The van der Waals surface area contributed by atoms with Crippen LogP contribution in [0.2, 0.25) is 0 Å². The second-order valence-corrected chi connectivity index (χ2v) is 11.5. The molecular formula is C27H41BrN2O6. The van der Waals surface area contributed by atoms with Gasteiger partial charge < -0.3 is 24.4 Å². The lowest BCUT2D eigenvalue weighted by atomic mass is 9.70. The van der Waals surface area contributed by atoms with E-state index in [1.54, 1.807) is 17.9 Å². The van der Waals surface area contributed by atoms with Gasteiger partial charge in [0.15, 0.2) is 0 Å². The molecule has 4 unspecified atom stereocenters. The Morgan fingerprint density at radius 3 is 2.67 bits per heavy atom. The molecule has 8 atom stereocenters. The van der Waals surface area contributed by atoms with E-state index in [4.69, 9.17) is 9.47 Å². The number of amides is 2. The fourth-order valence-corrected chi connectivity index (χ4v) is 7.14. The number of halogens is 1. The van der Waals surface area contributed by atoms with Crippen molar-refractivity contribution in [3.63, 3.8) is 0 Å². The molecule has 0 aliphatic carbocycles. The number of aliphatic hydroxyl groups is 1. The van der Waals surface area contributed by atoms with Gasteiger partial charge in [-0.3, -0.25) is 14.4 Å². The molecule has 2 bridgehead atoms. The number of hydrogen-bond acceptors (Lipinski definition) is 6. The molecule has 8 nitrogen and oxygen atoms in total. The molecule has 3 fully saturated rings. The molecule has 0 saturated carbocycles. The topological polar surface area (TPSA) is 96.4 Å². The molecule has 3 aliphatic heterocycles. The van der Waals surface area contributed by atoms with Crippen LogP contribution < -0.4 is 0 Å². The van der Waals surface area contributed by atoms with Crippen molar-refractivity contribution in [1.29, 1.82) is 0 Å². The molecule has 1 N–H and O–H groups in total. The first-order valence-corrected chi connectivity index (χ1v) is 14.0. The maximum Gasteiger partial charge on any atom is 0.312 e. The van der Waals surface area contributed by atoms with Crippen LogP contribution in [0.1, 0.15) is 59.3 Å². The molecule has 0 aromatic carbocycles. The van der Waals surface area contributed by atoms with Gasteiger partial charge in [-0.05, 0) is 46.0 Å². The third-order valence-electron chi connectivity index (χ3n) is 7.87. The average Bonchev–Trinajstić information content (AvgIpc) is 3.44. The predicted octanol–water partition coefficient (Wildman–Crippen LogP) is 3.22. The summed E-state index contributed by atoms with van der Waals surface area (Å²) in [6, 6.07) is -1.61. The van der Waals surface area contributed by atoms with Gasteiger partial charge in [-0.2, -0.15) is 0 Å². The Morgan fingerprint density at radius 1 is 1.33 bits per heavy atom. The van der Waals surface area contributed by atoms with Gasteiger partial charge in [0.1, 0.15) is 11.6 Å². The monoisotopic (exact) mass is 568 g/mol. The highest BCUT2D eigenvalue weighted by Gasteiger charge is 2.77. The van der Waals surface area contributed by atoms with Crippen LogP contribution in [0.5, 0.6) is 0 Å². The molecule has 1 spiro atoms. The first-order valence-electron chi connectivity index (χ1n) is 13.1. The van der Waals surface area contributed by atoms with E-state index in [2.05, 4.69) is 36.0 Å². The van der Waals surface area contributed by atoms with Gasteiger partial charge in [0, 0.05) is 17.4 Å². The minimum absolute atomic E-state index is 0.0629. The highest BCUT2D eigenvalue weighted by Crippen LogP contribution is 2.60. The average molecular weight is 570 g/mol. The molecule has 2 amide bonds. The van der Waals surface area contributed by atoms with Gasteiger partial charge in [-0.25, -0.2) is 0 Å². The number of ether oxygens (including phenoxy) is 2. The predicted molar refractivity (Wildman–Crippen MR) is 140 cm³/mol. The Kier molecular flexibility index (Phi) is 9.80. The lowest BCUT2D eigenvalue weighted by Crippen LogP contribution is -2.59. The van der Waals surface area contributed by atoms with Crippen LogP contribution in [0.4, 0.5) is 0 Å². The number of carbonyl (C=O) groups excluding carboxylic acids is 3. The second-order valence-electron chi connectivity index (χ2n) is 10.3. The van der Waals surface area contributed by atoms with Crippen LogP contribution in [0.15, 0.2) is 25.3 Å². The quantitative estimate of drug-likeness (QED) is 0.149. The van der Waals surface area contributed by atoms with E-state index in [9.17, 15) is 19.5 Å². The standard InChI is InChI=1S/C27H41BrN2O6/c1-6-9-10-11-14-35-26(34)20-21-24(32)30(18(5)16-31)23(27(21)15-19(28)22(20)36-27)25(33)29(13-8-3)17(4)12-7-2/h6,8,17-23,31H,1,3,7,9-16H2,2,4-5H3/t17?,18-,19?,20+,21+,22+,23?,27?/m1/s1. The smallest absolute Gasteiger partial charge is 0.312 e. The normalized spacial score (nSPS) is 32.2. The summed E-state index contributed by atoms with van der Waals surface area (Å²) < 4.78 is 12.1. The summed E-state index contributed by atoms with van der Waals surface area (Å²) >= 11 is 3.67. The third kappa shape index (κ3) is 5.03. The third-order valence-corrected chi connectivity index (χ3v) is 8.71. The molecule has 3 aliphatic rings. The summed E-state index contributed by atoms with van der Waals surface area (Å²) in [4.78, 5) is 44.4. The Balaban J connectivity index is 1.96. The van der Waals surface area contributed by atoms with Gasteiger partial charge in [0.25, 0.3) is 0 Å². The first-order chi connectivity index (χ1) is 17.2. The first kappa shape index (κ1) is 28.9. The molecule has 0 radical (unpaired) electrons. The lowest BCUT2D eigenvalue weighted by molar-refractivity contribution is -0.156. The molecule has 202 valence electrons. The number of aliphatic hydroxyl groups excluding tert-OH is 1. The zero-order valence-corrected chi connectivity index (χ0v) is 23.3. The van der Waals surface area contributed by atoms with Crippen LogP contribution in [0.3, 0.4) is 0 Å². The molecular weight excluding hydrogens is 528 g/mol. The summed E-state index contributed by atoms with van der Waals surface area (Å²) in [6.07, 6.45) is 7.50. The number of likely N-dealkylation sites (tertiary alicyclic amines) is 1. The van der Waals surface area contributed by atoms with Crippen LogP contribution in [-0.4, -0.2) is 87.1 Å². The Bertz CT molecular complexity index is 852. The van der Waals surface area contributed by atoms with Crippen LogP contribution in [0, 0.1) is 11.8 Å². The minimum Gasteiger partial charge on any atom is -0.465 e. The van der Waals surface area contributed by atoms with E-state index in [0.29, 0.717) is 19.4 Å². The zero-order chi connectivity index (χ0) is 26.6. The number of allylic oxidation sites excluding steroid dienone is 1. The number of alkyl halides is 1. The fraction of sp³-hybridized carbons (Fsp3) is 0.741. The molecule has 3 saturated heterocycles. The SMILES string of the molecule is C=CCCCCOC(=O)[C@H]1[C@H]2C(=O)N([C@H](C)CO)C(C(=O)N(CC=C)C(C)CCC)C23CC(Br)[C@@H]1O3. The van der Waals surface area contributed by atoms with Crippen molar-refractivity contribution in [3.05, 3.63) is 25.3 Å². The number of rotatable bonds is 14. The van der Waals surface area contributed by atoms with Gasteiger partial charge >= 0.3 is 5.97 Å². The molecule has 3 rings (SSSR count). The maximum atomic E-state index is 14.2. The highest BCUT2D eigenvalue weighted by atomic mass is 79.9. The van der Waals surface area contributed by atoms with E-state index in [1.165, 1.54) is 4.90 Å². The Labute approximate surface area is 223 Å². The van der Waals surface area contributed by atoms with Gasteiger partial charge in [0.05, 0.1) is 37.2 Å². The molecule has 36 heavy (non-hydrogen) atoms. The van der Waals surface area contributed by atoms with Crippen LogP contribution >= 0.6 is 15.9 Å². The number of unbranched alkanes of at least 4 members (excludes halogenated alkanes) is 2. The van der Waals surface area contributed by atoms with E-state index >= 15 is 0 Å². The van der Waals surface area contributed by atoms with Crippen molar-refractivity contribution in [2.75, 3.05) is 19.8 Å². The fourth-order valence-electron chi connectivity index (χ4n) is 6.19. The summed E-state index contributed by atoms with van der Waals surface area (Å²) in [5.74, 6) is -2.65. The highest BCUT2D eigenvalue weighted by molar-refractivity contribution is 9.09. The summed E-state index contributed by atoms with van der Waals surface area (Å²) in [6.45, 7) is 13.6. The van der Waals surface area contributed by atoms with Gasteiger partial charge in [0.2, 0.25) is 11.8 Å². The summed E-state index contributed by atoms with van der Waals surface area (Å²) in [5, 5.41) is 10.0. The van der Waals surface area contributed by atoms with Crippen molar-refractivity contribution in [3.8, 4) is 0 Å². The van der Waals surface area contributed by atoms with E-state index in [1.807, 2.05) is 13.0 Å². The van der Waals surface area contributed by atoms with Crippen molar-refractivity contribution in [1.82, 2.24) is 9.80 Å². The number of nitrogens with zero attached hydrogens (tertiary/aromatic N) is 2. The van der Waals surface area contributed by atoms with Crippen LogP contribution in [0.25, 0.3) is 0 Å². The summed E-state index contributed by atoms with van der Waals surface area (Å²) in [5.41, 5.74) is -1.16. The number of fused-ring (bicyclic) bond motifs is 1. The van der Waals surface area contributed by atoms with Gasteiger partial charge in [-0.15, -0.1) is 13.2 Å². The van der Waals surface area contributed by atoms with Crippen molar-refractivity contribution >= 4 is 33.7 Å². The van der Waals surface area contributed by atoms with Crippen molar-refractivity contribution in [2.45, 2.75) is 94.0 Å². The number of hydrogen-bond donors (Lipinski definition) is 1. The van der Waals surface area contributed by atoms with Crippen molar-refractivity contribution in [2.24, 2.45) is 11.8 Å². The van der Waals surface area contributed by atoms with Crippen molar-refractivity contribution < 1.29 is 29.0 Å². The van der Waals surface area contributed by atoms with Gasteiger partial charge in [-0.1, -0.05) is 41.4 Å². The second kappa shape index (κ2) is 12.2. The minimum atomic E-state index is -1.16. The van der Waals surface area contributed by atoms with E-state index in [0.717, 1.165) is 25.7 Å². The number of carbonyl (C=O) groups is 3. The van der Waals surface area contributed by atoms with E-state index in [-0.39, 0.29) is 35.9 Å². The maximum absolute atomic E-state index is 14.2. The molecule has 9 heteroatoms. The van der Waals surface area contributed by atoms with E-state index < -0.39 is 41.6 Å². The Hall–Kier alpha value is -1.71. The van der Waals surface area contributed by atoms with Crippen LogP contribution in [-0.2, 0) is 23.9 Å². The number of esters is 1. The molecule has 3 heterocycles. The largest absolute Gasteiger partial charge is 0.465 e. The lowest BCUT2D eigenvalue weighted by Gasteiger charge is -2.40.